The molecule has 0 saturated carbocycles. The van der Waals surface area contributed by atoms with E-state index in [2.05, 4.69) is 17.2 Å². The van der Waals surface area contributed by atoms with E-state index in [0.717, 1.165) is 10.4 Å². The number of carbonyl (C=O) groups is 1. The van der Waals surface area contributed by atoms with E-state index in [4.69, 9.17) is 5.11 Å². The number of thiophene rings is 1. The van der Waals surface area contributed by atoms with Gasteiger partial charge in [-0.1, -0.05) is 17.9 Å². The Morgan fingerprint density at radius 3 is 2.62 bits per heavy atom. The van der Waals surface area contributed by atoms with Crippen LogP contribution in [0.4, 0.5) is 0 Å². The number of nitrogens with one attached hydrogen (secondary N) is 1. The Balaban J connectivity index is 2.10. The summed E-state index contributed by atoms with van der Waals surface area (Å²) >= 11 is 1.42. The van der Waals surface area contributed by atoms with Gasteiger partial charge in [0.2, 0.25) is 0 Å². The van der Waals surface area contributed by atoms with Crippen LogP contribution in [0.1, 0.15) is 20.8 Å². The summed E-state index contributed by atoms with van der Waals surface area (Å²) in [6.07, 6.45) is 0. The van der Waals surface area contributed by atoms with Crippen LogP contribution >= 0.6 is 11.3 Å². The molecule has 6 heteroatoms. The Labute approximate surface area is 125 Å². The number of rotatable bonds is 3. The molecule has 0 saturated heterocycles. The summed E-state index contributed by atoms with van der Waals surface area (Å²) in [6, 6.07) is 5.91. The predicted octanol–water partition coefficient (Wildman–Crippen LogP) is 1.43. The molecule has 0 atom stereocenters. The summed E-state index contributed by atoms with van der Waals surface area (Å²) in [5, 5.41) is 32.4. The highest BCUT2D eigenvalue weighted by molar-refractivity contribution is 7.10. The van der Waals surface area contributed by atoms with Crippen LogP contribution in [-0.4, -0.2) is 27.8 Å². The van der Waals surface area contributed by atoms with E-state index in [1.165, 1.54) is 29.5 Å². The van der Waals surface area contributed by atoms with E-state index < -0.39 is 5.91 Å². The van der Waals surface area contributed by atoms with Crippen LogP contribution in [0.2, 0.25) is 0 Å². The summed E-state index contributed by atoms with van der Waals surface area (Å²) in [5.41, 5.74) is 0.577. The fourth-order valence-electron chi connectivity index (χ4n) is 1.73. The third-order valence-electron chi connectivity index (χ3n) is 2.70. The third-order valence-corrected chi connectivity index (χ3v) is 3.63. The van der Waals surface area contributed by atoms with E-state index in [-0.39, 0.29) is 30.2 Å². The number of aliphatic hydroxyl groups is 1. The van der Waals surface area contributed by atoms with Gasteiger partial charge in [-0.3, -0.25) is 4.79 Å². The number of carbonyl (C=O) groups excluding carboxylic acids is 1. The van der Waals surface area contributed by atoms with Crippen molar-refractivity contribution in [2.45, 2.75) is 6.54 Å². The number of aliphatic hydroxyl groups excluding tert-OH is 1. The van der Waals surface area contributed by atoms with Crippen LogP contribution < -0.4 is 5.32 Å². The summed E-state index contributed by atoms with van der Waals surface area (Å²) in [5.74, 6) is 4.21. The number of amides is 1. The van der Waals surface area contributed by atoms with Gasteiger partial charge in [-0.2, -0.15) is 0 Å². The highest BCUT2D eigenvalue weighted by Crippen LogP contribution is 2.26. The second-order valence-corrected chi connectivity index (χ2v) is 5.07. The van der Waals surface area contributed by atoms with Gasteiger partial charge in [0.25, 0.3) is 5.91 Å². The average Bonchev–Trinajstić information content (AvgIpc) is 2.90. The van der Waals surface area contributed by atoms with Gasteiger partial charge in [-0.25, -0.2) is 0 Å². The van der Waals surface area contributed by atoms with Crippen LogP contribution in [0.25, 0.3) is 0 Å². The molecule has 1 heterocycles. The Hall–Kier alpha value is -2.49. The molecule has 0 aliphatic heterocycles. The van der Waals surface area contributed by atoms with Crippen LogP contribution in [0.3, 0.4) is 0 Å². The highest BCUT2D eigenvalue weighted by Gasteiger charge is 2.16. The Morgan fingerprint density at radius 1 is 1.24 bits per heavy atom. The second-order valence-electron chi connectivity index (χ2n) is 4.07. The summed E-state index contributed by atoms with van der Waals surface area (Å²) in [4.78, 5) is 12.8. The highest BCUT2D eigenvalue weighted by atomic mass is 32.1. The topological polar surface area (TPSA) is 89.8 Å². The molecule has 1 aromatic carbocycles. The van der Waals surface area contributed by atoms with Gasteiger partial charge in [0.05, 0.1) is 6.54 Å². The zero-order valence-electron chi connectivity index (χ0n) is 11.0. The molecule has 2 rings (SSSR count). The smallest absolute Gasteiger partial charge is 0.259 e. The first-order valence-corrected chi connectivity index (χ1v) is 6.96. The van der Waals surface area contributed by atoms with Crippen molar-refractivity contribution in [2.75, 3.05) is 6.61 Å². The normalized spacial score (nSPS) is 9.76. The molecule has 2 aromatic rings. The van der Waals surface area contributed by atoms with E-state index in [1.54, 1.807) is 6.07 Å². The molecule has 0 unspecified atom stereocenters. The summed E-state index contributed by atoms with van der Waals surface area (Å²) < 4.78 is 0. The van der Waals surface area contributed by atoms with Crippen molar-refractivity contribution in [3.8, 4) is 23.3 Å². The van der Waals surface area contributed by atoms with E-state index in [9.17, 15) is 15.0 Å². The lowest BCUT2D eigenvalue weighted by Gasteiger charge is -2.07. The number of phenols is 2. The van der Waals surface area contributed by atoms with Gasteiger partial charge in [0.15, 0.2) is 0 Å². The summed E-state index contributed by atoms with van der Waals surface area (Å²) in [7, 11) is 0. The van der Waals surface area contributed by atoms with Crippen LogP contribution in [-0.2, 0) is 6.54 Å². The Kier molecular flexibility index (Phi) is 4.82. The maximum absolute atomic E-state index is 12.0. The van der Waals surface area contributed by atoms with Crippen molar-refractivity contribution in [1.29, 1.82) is 0 Å². The van der Waals surface area contributed by atoms with Gasteiger partial charge < -0.3 is 20.6 Å². The molecular formula is C15H13NO4S. The SMILES string of the molecule is O=C(NCc1sccc1C#CCO)c1c(O)cccc1O. The largest absolute Gasteiger partial charge is 0.507 e. The lowest BCUT2D eigenvalue weighted by Crippen LogP contribution is -2.22. The van der Waals surface area contributed by atoms with Crippen LogP contribution in [0.5, 0.6) is 11.5 Å². The standard InChI is InChI=1S/C15H13NO4S/c17-7-2-3-10-6-8-21-13(10)9-16-15(20)14-11(18)4-1-5-12(14)19/h1,4-6,8,17-19H,7,9H2,(H,16,20). The van der Waals surface area contributed by atoms with E-state index in [1.807, 2.05) is 5.38 Å². The Morgan fingerprint density at radius 2 is 1.95 bits per heavy atom. The fourth-order valence-corrected chi connectivity index (χ4v) is 2.50. The molecule has 1 amide bonds. The van der Waals surface area contributed by atoms with Crippen molar-refractivity contribution in [3.63, 3.8) is 0 Å². The Bertz CT molecular complexity index is 692. The number of phenolic OH excluding ortho intramolecular Hbond substituents is 2. The van der Waals surface area contributed by atoms with Crippen LogP contribution in [0, 0.1) is 11.8 Å². The third kappa shape index (κ3) is 3.54. The minimum atomic E-state index is -0.569. The van der Waals surface area contributed by atoms with Gasteiger partial charge >= 0.3 is 0 Å². The average molecular weight is 303 g/mol. The number of hydrogen-bond acceptors (Lipinski definition) is 5. The first-order valence-electron chi connectivity index (χ1n) is 6.08. The van der Waals surface area contributed by atoms with Crippen LogP contribution in [0.15, 0.2) is 29.6 Å². The zero-order valence-corrected chi connectivity index (χ0v) is 11.8. The van der Waals surface area contributed by atoms with E-state index in [0.29, 0.717) is 0 Å². The fraction of sp³-hybridized carbons (Fsp3) is 0.133. The minimum Gasteiger partial charge on any atom is -0.507 e. The molecule has 0 bridgehead atoms. The second kappa shape index (κ2) is 6.79. The van der Waals surface area contributed by atoms with Crippen molar-refractivity contribution in [3.05, 3.63) is 45.6 Å². The molecule has 0 aliphatic rings. The molecule has 0 radical (unpaired) electrons. The first kappa shape index (κ1) is 14.9. The van der Waals surface area contributed by atoms with Crippen molar-refractivity contribution < 1.29 is 20.1 Å². The molecule has 0 spiro atoms. The number of benzene rings is 1. The minimum absolute atomic E-state index is 0.156. The monoisotopic (exact) mass is 303 g/mol. The number of hydrogen-bond donors (Lipinski definition) is 4. The number of aromatic hydroxyl groups is 2. The lowest BCUT2D eigenvalue weighted by atomic mass is 10.1. The summed E-state index contributed by atoms with van der Waals surface area (Å²) in [6.45, 7) is -0.00682. The van der Waals surface area contributed by atoms with E-state index >= 15 is 0 Å². The van der Waals surface area contributed by atoms with Crippen molar-refractivity contribution in [1.82, 2.24) is 5.32 Å². The molecule has 0 fully saturated rings. The molecule has 21 heavy (non-hydrogen) atoms. The molecular weight excluding hydrogens is 290 g/mol. The zero-order chi connectivity index (χ0) is 15.2. The maximum Gasteiger partial charge on any atom is 0.259 e. The predicted molar refractivity (Wildman–Crippen MR) is 79.2 cm³/mol. The quantitative estimate of drug-likeness (QED) is 0.646. The van der Waals surface area contributed by atoms with Gasteiger partial charge in [0.1, 0.15) is 23.7 Å². The lowest BCUT2D eigenvalue weighted by molar-refractivity contribution is 0.0946. The molecule has 5 nitrogen and oxygen atoms in total. The van der Waals surface area contributed by atoms with Gasteiger partial charge in [-0.15, -0.1) is 11.3 Å². The molecule has 108 valence electrons. The maximum atomic E-state index is 12.0. The van der Waals surface area contributed by atoms with Crippen molar-refractivity contribution in [2.24, 2.45) is 0 Å². The van der Waals surface area contributed by atoms with Crippen molar-refractivity contribution >= 4 is 17.2 Å². The molecule has 4 N–H and O–H groups in total. The van der Waals surface area contributed by atoms with Gasteiger partial charge in [0, 0.05) is 10.4 Å². The first-order chi connectivity index (χ1) is 10.1. The van der Waals surface area contributed by atoms with Gasteiger partial charge in [-0.05, 0) is 23.6 Å². The molecule has 0 aliphatic carbocycles. The molecule has 1 aromatic heterocycles.